The van der Waals surface area contributed by atoms with Crippen molar-refractivity contribution in [3.05, 3.63) is 71.5 Å². The summed E-state index contributed by atoms with van der Waals surface area (Å²) in [5, 5.41) is 16.9. The number of phenolic OH excluding ortho intramolecular Hbond substituents is 1. The highest BCUT2D eigenvalue weighted by Crippen LogP contribution is 2.51. The third-order valence-corrected chi connectivity index (χ3v) is 11.5. The van der Waals surface area contributed by atoms with E-state index in [1.54, 1.807) is 30.4 Å². The molecular weight excluding hydrogens is 699 g/mol. The highest BCUT2D eigenvalue weighted by atomic mass is 16.5. The van der Waals surface area contributed by atoms with Crippen molar-refractivity contribution >= 4 is 29.2 Å². The van der Waals surface area contributed by atoms with Crippen molar-refractivity contribution in [2.24, 2.45) is 23.2 Å². The summed E-state index contributed by atoms with van der Waals surface area (Å²) in [6.45, 7) is 12.2. The summed E-state index contributed by atoms with van der Waals surface area (Å²) in [6, 6.07) is 14.9. The molecule has 1 unspecified atom stereocenters. The van der Waals surface area contributed by atoms with Gasteiger partial charge in [0.25, 0.3) is 12.4 Å². The first-order valence-electron chi connectivity index (χ1n) is 19.5. The molecule has 5 atom stereocenters. The van der Waals surface area contributed by atoms with Gasteiger partial charge >= 0.3 is 0 Å². The minimum Gasteiger partial charge on any atom is -0.508 e. The normalized spacial score (nSPS) is 20.5. The molecule has 3 fully saturated rings. The number of nitrogens with zero attached hydrogens (tertiary/aromatic N) is 3. The number of aromatic hydroxyl groups is 1. The van der Waals surface area contributed by atoms with E-state index in [2.05, 4.69) is 60.3 Å². The number of ether oxygens (including phenoxy) is 3. The molecule has 0 radical (unpaired) electrons. The SMILES string of the molecule is CCn1c(-c2cccnc2[C@H](C)OC)c(CC(C)(C)COC=O)c2cc(-c3cc(O)cc(C[C@H](NC(=O)C4[C@H]5COC[C@@H]45)C(=O)N4CCCCN4)c3)ccc21. The number of pyridine rings is 1. The molecule has 0 spiro atoms. The third kappa shape index (κ3) is 7.99. The maximum atomic E-state index is 13.9. The zero-order chi connectivity index (χ0) is 38.9. The molecule has 2 amide bonds. The van der Waals surface area contributed by atoms with Crippen molar-refractivity contribution in [1.82, 2.24) is 25.3 Å². The molecule has 3 aliphatic rings. The van der Waals surface area contributed by atoms with Gasteiger partial charge in [-0.15, -0.1) is 0 Å². The molecule has 2 aliphatic heterocycles. The monoisotopic (exact) mass is 751 g/mol. The van der Waals surface area contributed by atoms with Gasteiger partial charge in [0.15, 0.2) is 0 Å². The van der Waals surface area contributed by atoms with E-state index in [1.165, 1.54) is 0 Å². The largest absolute Gasteiger partial charge is 0.508 e. The number of aryl methyl sites for hydroxylation is 1. The summed E-state index contributed by atoms with van der Waals surface area (Å²) in [5.41, 5.74) is 10.2. The van der Waals surface area contributed by atoms with Crippen molar-refractivity contribution in [3.63, 3.8) is 0 Å². The van der Waals surface area contributed by atoms with Crippen LogP contribution in [0.3, 0.4) is 0 Å². The molecule has 2 aromatic carbocycles. The number of benzene rings is 2. The van der Waals surface area contributed by atoms with Crippen LogP contribution in [-0.2, 0) is 48.0 Å². The number of hydrazine groups is 1. The Labute approximate surface area is 322 Å². The second kappa shape index (κ2) is 16.1. The molecule has 12 heteroatoms. The maximum absolute atomic E-state index is 13.9. The number of amides is 2. The standard InChI is InChI=1S/C43H53N5O7/c1-6-47-37-12-11-28(20-32(37)33(21-43(3,4)24-55-25-49)40(47)31-10-9-13-44-39(31)26(2)53-5)29-16-27(17-30(50)19-29)18-36(42(52)48-15-8-7-14-45-48)46-41(51)38-34-22-54-23-35(34)38/h9-13,16-17,19-20,25-26,34-36,38,45,50H,6-8,14-15,18,21-24H2,1-5H3,(H,46,51)/t26-,34-,35+,36-,38?/m0/s1. The van der Waals surface area contributed by atoms with E-state index < -0.39 is 11.5 Å². The van der Waals surface area contributed by atoms with Gasteiger partial charge in [0, 0.05) is 67.2 Å². The molecular formula is C43H53N5O7. The number of nitrogens with one attached hydrogen (secondary N) is 2. The maximum Gasteiger partial charge on any atom is 0.293 e. The lowest BCUT2D eigenvalue weighted by Gasteiger charge is -2.31. The first-order chi connectivity index (χ1) is 26.5. The third-order valence-electron chi connectivity index (χ3n) is 11.5. The number of aromatic nitrogens is 2. The van der Waals surface area contributed by atoms with Crippen LogP contribution in [0.4, 0.5) is 0 Å². The van der Waals surface area contributed by atoms with Crippen LogP contribution < -0.4 is 10.7 Å². The van der Waals surface area contributed by atoms with Crippen LogP contribution in [-0.4, -0.2) is 84.0 Å². The Morgan fingerprint density at radius 1 is 1.13 bits per heavy atom. The Morgan fingerprint density at radius 2 is 1.93 bits per heavy atom. The number of phenols is 1. The minimum atomic E-state index is -0.802. The van der Waals surface area contributed by atoms with Crippen molar-refractivity contribution in [3.8, 4) is 28.1 Å². The van der Waals surface area contributed by atoms with Gasteiger partial charge in [0.1, 0.15) is 11.8 Å². The lowest BCUT2D eigenvalue weighted by molar-refractivity contribution is -0.140. The molecule has 12 nitrogen and oxygen atoms in total. The lowest BCUT2D eigenvalue weighted by atomic mass is 9.84. The lowest BCUT2D eigenvalue weighted by Crippen LogP contribution is -2.56. The first kappa shape index (κ1) is 38.5. The average Bonchev–Trinajstić information content (AvgIpc) is 3.51. The molecule has 0 bridgehead atoms. The predicted molar refractivity (Wildman–Crippen MR) is 209 cm³/mol. The van der Waals surface area contributed by atoms with Crippen molar-refractivity contribution < 1.29 is 33.7 Å². The van der Waals surface area contributed by atoms with Crippen LogP contribution in [0.25, 0.3) is 33.3 Å². The van der Waals surface area contributed by atoms with Gasteiger partial charge < -0.3 is 29.2 Å². The average molecular weight is 752 g/mol. The number of hydrogen-bond donors (Lipinski definition) is 3. The van der Waals surface area contributed by atoms with Gasteiger partial charge in [-0.05, 0) is 104 Å². The van der Waals surface area contributed by atoms with E-state index in [-0.39, 0.29) is 54.4 Å². The fraction of sp³-hybridized carbons (Fsp3) is 0.488. The highest BCUT2D eigenvalue weighted by Gasteiger charge is 2.58. The quantitative estimate of drug-likeness (QED) is 0.133. The topological polar surface area (TPSA) is 144 Å². The number of hydrogen-bond acceptors (Lipinski definition) is 9. The highest BCUT2D eigenvalue weighted by molar-refractivity contribution is 5.95. The Kier molecular flexibility index (Phi) is 11.3. The molecule has 55 heavy (non-hydrogen) atoms. The molecule has 1 saturated carbocycles. The van der Waals surface area contributed by atoms with Gasteiger partial charge in [-0.3, -0.25) is 24.4 Å². The van der Waals surface area contributed by atoms with Gasteiger partial charge in [0.2, 0.25) is 5.91 Å². The summed E-state index contributed by atoms with van der Waals surface area (Å²) in [6.07, 6.45) is 4.23. The molecule has 4 aromatic rings. The number of rotatable bonds is 15. The first-order valence-corrected chi connectivity index (χ1v) is 19.5. The summed E-state index contributed by atoms with van der Waals surface area (Å²) < 4.78 is 18.9. The van der Waals surface area contributed by atoms with Crippen LogP contribution >= 0.6 is 0 Å². The van der Waals surface area contributed by atoms with Gasteiger partial charge in [-0.25, -0.2) is 5.43 Å². The molecule has 3 N–H and O–H groups in total. The zero-order valence-corrected chi connectivity index (χ0v) is 32.5. The summed E-state index contributed by atoms with van der Waals surface area (Å²) >= 11 is 0. The predicted octanol–water partition coefficient (Wildman–Crippen LogP) is 5.59. The van der Waals surface area contributed by atoms with E-state index in [0.717, 1.165) is 62.9 Å². The Bertz CT molecular complexity index is 2040. The van der Waals surface area contributed by atoms with Crippen LogP contribution in [0.5, 0.6) is 5.75 Å². The number of carbonyl (C=O) groups excluding carboxylic acids is 3. The van der Waals surface area contributed by atoms with Crippen molar-refractivity contribution in [2.45, 2.75) is 72.1 Å². The van der Waals surface area contributed by atoms with Crippen LogP contribution in [0.1, 0.15) is 63.5 Å². The van der Waals surface area contributed by atoms with E-state index in [9.17, 15) is 19.5 Å². The van der Waals surface area contributed by atoms with Crippen LogP contribution in [0.15, 0.2) is 54.7 Å². The van der Waals surface area contributed by atoms with Crippen molar-refractivity contribution in [2.75, 3.05) is 40.0 Å². The van der Waals surface area contributed by atoms with Crippen molar-refractivity contribution in [1.29, 1.82) is 0 Å². The van der Waals surface area contributed by atoms with E-state index in [4.69, 9.17) is 19.2 Å². The number of carbonyl (C=O) groups is 3. The summed E-state index contributed by atoms with van der Waals surface area (Å²) in [7, 11) is 1.68. The number of methoxy groups -OCH3 is 1. The van der Waals surface area contributed by atoms with Crippen LogP contribution in [0, 0.1) is 23.2 Å². The summed E-state index contributed by atoms with van der Waals surface area (Å²) in [4.78, 5) is 43.4. The smallest absolute Gasteiger partial charge is 0.293 e. The number of fused-ring (bicyclic) bond motifs is 2. The van der Waals surface area contributed by atoms with Gasteiger partial charge in [-0.2, -0.15) is 0 Å². The molecule has 2 aromatic heterocycles. The molecule has 292 valence electrons. The Hall–Kier alpha value is -4.78. The second-order valence-electron chi connectivity index (χ2n) is 16.0. The Balaban J connectivity index is 1.28. The van der Waals surface area contributed by atoms with E-state index >= 15 is 0 Å². The second-order valence-corrected chi connectivity index (χ2v) is 16.0. The minimum absolute atomic E-state index is 0.0721. The van der Waals surface area contributed by atoms with Gasteiger partial charge in [-0.1, -0.05) is 26.0 Å². The van der Waals surface area contributed by atoms with E-state index in [0.29, 0.717) is 45.7 Å². The van der Waals surface area contributed by atoms with Crippen LogP contribution in [0.2, 0.25) is 0 Å². The Morgan fingerprint density at radius 3 is 2.64 bits per heavy atom. The molecule has 4 heterocycles. The molecule has 2 saturated heterocycles. The van der Waals surface area contributed by atoms with Gasteiger partial charge in [0.05, 0.1) is 37.3 Å². The fourth-order valence-electron chi connectivity index (χ4n) is 8.62. The summed E-state index contributed by atoms with van der Waals surface area (Å²) in [5.74, 6) is 0.0861. The zero-order valence-electron chi connectivity index (χ0n) is 32.5. The molecule has 1 aliphatic carbocycles. The van der Waals surface area contributed by atoms with E-state index in [1.807, 2.05) is 19.1 Å². The fourth-order valence-corrected chi connectivity index (χ4v) is 8.62. The molecule has 7 rings (SSSR count).